The van der Waals surface area contributed by atoms with Crippen molar-refractivity contribution < 1.29 is 37.7 Å². The summed E-state index contributed by atoms with van der Waals surface area (Å²) in [6, 6.07) is 10.1. The second-order valence-corrected chi connectivity index (χ2v) is 8.60. The average molecular weight is 491 g/mol. The number of carboxylic acids is 1. The number of carbonyl (C=O) groups is 3. The lowest BCUT2D eigenvalue weighted by atomic mass is 9.96. The highest BCUT2D eigenvalue weighted by Gasteiger charge is 2.35. The van der Waals surface area contributed by atoms with Gasteiger partial charge in [-0.3, -0.25) is 9.59 Å². The monoisotopic (exact) mass is 490 g/mol. The molecular formula is C25H28F2N2O6. The van der Waals surface area contributed by atoms with E-state index in [0.29, 0.717) is 18.5 Å². The Balaban J connectivity index is 1.72. The molecule has 0 saturated carbocycles. The highest BCUT2D eigenvalue weighted by molar-refractivity contribution is 5.95. The van der Waals surface area contributed by atoms with E-state index in [2.05, 4.69) is 10.1 Å². The van der Waals surface area contributed by atoms with E-state index in [1.54, 1.807) is 30.9 Å². The van der Waals surface area contributed by atoms with E-state index >= 15 is 0 Å². The van der Waals surface area contributed by atoms with Gasteiger partial charge in [0.2, 0.25) is 5.91 Å². The zero-order valence-corrected chi connectivity index (χ0v) is 19.7. The maximum atomic E-state index is 12.8. The first kappa shape index (κ1) is 25.9. The molecule has 1 heterocycles. The third-order valence-electron chi connectivity index (χ3n) is 5.73. The molecule has 1 aliphatic rings. The summed E-state index contributed by atoms with van der Waals surface area (Å²) in [6.07, 6.45) is 0.295. The number of hydrogen-bond acceptors (Lipinski definition) is 5. The van der Waals surface area contributed by atoms with Crippen LogP contribution in [0.25, 0.3) is 0 Å². The molecule has 2 N–H and O–H groups in total. The lowest BCUT2D eigenvalue weighted by molar-refractivity contribution is -0.129. The standard InChI is InChI=1S/C25H28F2N2O6/c1-14(2)34-22-11-18(8-9-21(22)35-25(26)27)19-10-20(29(13-19)15(3)30)12-28-23(31)16-4-6-17(7-5-16)24(32)33/h4-9,11,14,19-20,25H,10,12-13H2,1-3H3,(H,28,31)(H,32,33)/t19?,20-/m1/s1. The molecule has 1 unspecified atom stereocenters. The fraction of sp³-hybridized carbons (Fsp3) is 0.400. The van der Waals surface area contributed by atoms with Crippen LogP contribution in [0.15, 0.2) is 42.5 Å². The number of nitrogens with one attached hydrogen (secondary N) is 1. The summed E-state index contributed by atoms with van der Waals surface area (Å²) in [5.41, 5.74) is 1.20. The summed E-state index contributed by atoms with van der Waals surface area (Å²) in [7, 11) is 0. The van der Waals surface area contributed by atoms with Crippen molar-refractivity contribution in [2.45, 2.75) is 51.9 Å². The number of alkyl halides is 2. The van der Waals surface area contributed by atoms with E-state index in [4.69, 9.17) is 9.84 Å². The number of ether oxygens (including phenoxy) is 2. The van der Waals surface area contributed by atoms with Crippen molar-refractivity contribution in [1.29, 1.82) is 0 Å². The molecule has 2 amide bonds. The van der Waals surface area contributed by atoms with Crippen LogP contribution in [-0.4, -0.2) is 59.6 Å². The minimum atomic E-state index is -2.98. The fourth-order valence-electron chi connectivity index (χ4n) is 4.13. The van der Waals surface area contributed by atoms with Crippen LogP contribution in [0.2, 0.25) is 0 Å². The van der Waals surface area contributed by atoms with Crippen LogP contribution in [0, 0.1) is 0 Å². The fourth-order valence-corrected chi connectivity index (χ4v) is 4.13. The van der Waals surface area contributed by atoms with Crippen molar-refractivity contribution in [2.24, 2.45) is 0 Å². The van der Waals surface area contributed by atoms with E-state index in [9.17, 15) is 23.2 Å². The Hall–Kier alpha value is -3.69. The van der Waals surface area contributed by atoms with Crippen LogP contribution in [-0.2, 0) is 4.79 Å². The normalized spacial score (nSPS) is 17.5. The number of rotatable bonds is 9. The third kappa shape index (κ3) is 6.68. The summed E-state index contributed by atoms with van der Waals surface area (Å²) >= 11 is 0. The van der Waals surface area contributed by atoms with Gasteiger partial charge in [-0.1, -0.05) is 6.07 Å². The number of carboxylic acid groups (broad SMARTS) is 1. The summed E-state index contributed by atoms with van der Waals surface area (Å²) in [6.45, 7) is 2.63. The highest BCUT2D eigenvalue weighted by atomic mass is 19.3. The molecule has 3 rings (SSSR count). The first-order valence-corrected chi connectivity index (χ1v) is 11.2. The summed E-state index contributed by atoms with van der Waals surface area (Å²) < 4.78 is 35.8. The quantitative estimate of drug-likeness (QED) is 0.552. The Morgan fingerprint density at radius 2 is 1.71 bits per heavy atom. The van der Waals surface area contributed by atoms with Crippen molar-refractivity contribution >= 4 is 17.8 Å². The Labute approximate surface area is 201 Å². The molecule has 0 spiro atoms. The molecule has 0 bridgehead atoms. The molecule has 2 aromatic carbocycles. The van der Waals surface area contributed by atoms with Crippen molar-refractivity contribution in [2.75, 3.05) is 13.1 Å². The molecule has 8 nitrogen and oxygen atoms in total. The summed E-state index contributed by atoms with van der Waals surface area (Å²) in [5.74, 6) is -1.55. The van der Waals surface area contributed by atoms with Crippen LogP contribution in [0.5, 0.6) is 11.5 Å². The maximum Gasteiger partial charge on any atom is 0.387 e. The van der Waals surface area contributed by atoms with Gasteiger partial charge in [-0.25, -0.2) is 4.79 Å². The number of amides is 2. The van der Waals surface area contributed by atoms with Crippen molar-refractivity contribution in [1.82, 2.24) is 10.2 Å². The van der Waals surface area contributed by atoms with Gasteiger partial charge in [-0.05, 0) is 62.2 Å². The predicted octanol–water partition coefficient (Wildman–Crippen LogP) is 3.91. The molecule has 1 fully saturated rings. The number of nitrogens with zero attached hydrogens (tertiary/aromatic N) is 1. The second kappa shape index (κ2) is 11.2. The SMILES string of the molecule is CC(=O)N1CC(c2ccc(OC(F)F)c(OC(C)C)c2)C[C@@H]1CNC(=O)c1ccc(C(=O)O)cc1. The number of halogens is 2. The Morgan fingerprint density at radius 1 is 1.06 bits per heavy atom. The van der Waals surface area contributed by atoms with Crippen LogP contribution < -0.4 is 14.8 Å². The molecule has 2 aromatic rings. The minimum absolute atomic E-state index is 0.0587. The number of aromatic carboxylic acids is 1. The topological polar surface area (TPSA) is 105 Å². The summed E-state index contributed by atoms with van der Waals surface area (Å²) in [5, 5.41) is 11.8. The number of likely N-dealkylation sites (tertiary alicyclic amines) is 1. The van der Waals surface area contributed by atoms with Gasteiger partial charge in [-0.2, -0.15) is 8.78 Å². The van der Waals surface area contributed by atoms with E-state index in [-0.39, 0.29) is 53.5 Å². The van der Waals surface area contributed by atoms with E-state index < -0.39 is 12.6 Å². The van der Waals surface area contributed by atoms with Gasteiger partial charge < -0.3 is 24.8 Å². The molecule has 0 radical (unpaired) electrons. The average Bonchev–Trinajstić information content (AvgIpc) is 3.22. The van der Waals surface area contributed by atoms with Gasteiger partial charge in [0, 0.05) is 37.5 Å². The van der Waals surface area contributed by atoms with E-state index in [0.717, 1.165) is 5.56 Å². The highest BCUT2D eigenvalue weighted by Crippen LogP contribution is 2.37. The van der Waals surface area contributed by atoms with Gasteiger partial charge in [0.15, 0.2) is 11.5 Å². The van der Waals surface area contributed by atoms with Gasteiger partial charge in [-0.15, -0.1) is 0 Å². The third-order valence-corrected chi connectivity index (χ3v) is 5.73. The van der Waals surface area contributed by atoms with Crippen LogP contribution >= 0.6 is 0 Å². The molecule has 0 aromatic heterocycles. The Morgan fingerprint density at radius 3 is 2.29 bits per heavy atom. The summed E-state index contributed by atoms with van der Waals surface area (Å²) in [4.78, 5) is 37.5. The largest absolute Gasteiger partial charge is 0.487 e. The number of benzene rings is 2. The van der Waals surface area contributed by atoms with Gasteiger partial charge in [0.05, 0.1) is 11.7 Å². The first-order chi connectivity index (χ1) is 16.5. The molecule has 35 heavy (non-hydrogen) atoms. The molecule has 1 aliphatic heterocycles. The molecule has 0 aliphatic carbocycles. The zero-order valence-electron chi connectivity index (χ0n) is 19.7. The van der Waals surface area contributed by atoms with E-state index in [1.807, 2.05) is 0 Å². The Kier molecular flexibility index (Phi) is 8.26. The number of carbonyl (C=O) groups excluding carboxylic acids is 2. The maximum absolute atomic E-state index is 12.8. The van der Waals surface area contributed by atoms with Crippen LogP contribution in [0.1, 0.15) is 59.4 Å². The van der Waals surface area contributed by atoms with Crippen molar-refractivity contribution in [3.8, 4) is 11.5 Å². The van der Waals surface area contributed by atoms with Crippen molar-refractivity contribution in [3.63, 3.8) is 0 Å². The van der Waals surface area contributed by atoms with Gasteiger partial charge in [0.1, 0.15) is 0 Å². The first-order valence-electron chi connectivity index (χ1n) is 11.2. The molecule has 1 saturated heterocycles. The second-order valence-electron chi connectivity index (χ2n) is 8.60. The lowest BCUT2D eigenvalue weighted by Crippen LogP contribution is -2.42. The van der Waals surface area contributed by atoms with E-state index in [1.165, 1.54) is 37.3 Å². The molecule has 188 valence electrons. The number of hydrogen-bond donors (Lipinski definition) is 2. The van der Waals surface area contributed by atoms with Gasteiger partial charge >= 0.3 is 12.6 Å². The molecule has 10 heteroatoms. The van der Waals surface area contributed by atoms with Crippen LogP contribution in [0.4, 0.5) is 8.78 Å². The predicted molar refractivity (Wildman–Crippen MR) is 123 cm³/mol. The van der Waals surface area contributed by atoms with Crippen LogP contribution in [0.3, 0.4) is 0 Å². The zero-order chi connectivity index (χ0) is 25.7. The molecular weight excluding hydrogens is 462 g/mol. The minimum Gasteiger partial charge on any atom is -0.487 e. The lowest BCUT2D eigenvalue weighted by Gasteiger charge is -2.23. The smallest absolute Gasteiger partial charge is 0.387 e. The molecule has 2 atom stereocenters. The Bertz CT molecular complexity index is 1070. The van der Waals surface area contributed by atoms with Crippen molar-refractivity contribution in [3.05, 3.63) is 59.2 Å². The van der Waals surface area contributed by atoms with Gasteiger partial charge in [0.25, 0.3) is 5.91 Å².